The zero-order chi connectivity index (χ0) is 16.5. The monoisotopic (exact) mass is 316 g/mol. The molecule has 0 saturated carbocycles. The minimum atomic E-state index is 0.615. The van der Waals surface area contributed by atoms with Crippen molar-refractivity contribution in [3.8, 4) is 0 Å². The van der Waals surface area contributed by atoms with Crippen LogP contribution in [0.2, 0.25) is 0 Å². The van der Waals surface area contributed by atoms with Crippen molar-refractivity contribution in [3.63, 3.8) is 0 Å². The Labute approximate surface area is 140 Å². The molecule has 0 heterocycles. The van der Waals surface area contributed by atoms with Crippen molar-refractivity contribution in [1.29, 1.82) is 0 Å². The average Bonchev–Trinajstić information content (AvgIpc) is 2.50. The van der Waals surface area contributed by atoms with Gasteiger partial charge in [-0.05, 0) is 54.9 Å². The number of hydrogen-bond donors (Lipinski definition) is 0. The Morgan fingerprint density at radius 1 is 1.27 bits per heavy atom. The van der Waals surface area contributed by atoms with E-state index in [1.54, 1.807) is 11.8 Å². The van der Waals surface area contributed by atoms with E-state index in [-0.39, 0.29) is 0 Å². The van der Waals surface area contributed by atoms with Gasteiger partial charge in [-0.3, -0.25) is 0 Å². The Hall–Kier alpha value is -1.25. The third-order valence-electron chi connectivity index (χ3n) is 3.50. The van der Waals surface area contributed by atoms with Gasteiger partial charge in [-0.15, -0.1) is 11.8 Å². The first-order valence-corrected chi connectivity index (χ1v) is 8.69. The molecule has 0 saturated heterocycles. The van der Waals surface area contributed by atoms with Crippen molar-refractivity contribution < 1.29 is 4.74 Å². The quantitative estimate of drug-likeness (QED) is 0.391. The zero-order valence-corrected chi connectivity index (χ0v) is 15.2. The zero-order valence-electron chi connectivity index (χ0n) is 14.4. The van der Waals surface area contributed by atoms with Crippen molar-refractivity contribution in [2.75, 3.05) is 13.2 Å². The standard InChI is InChI=1S/C20H28OS/c1-7-8-11-21-13-18(5)22-14-17(4)19(6)20-12-15(2)9-10-16(20)3/h9-10,12,14H,5-8,11,13H2,1-4H3/b17-14+. The van der Waals surface area contributed by atoms with E-state index in [1.165, 1.54) is 22.3 Å². The lowest BCUT2D eigenvalue weighted by Gasteiger charge is -2.11. The van der Waals surface area contributed by atoms with E-state index in [9.17, 15) is 0 Å². The van der Waals surface area contributed by atoms with Gasteiger partial charge in [-0.2, -0.15) is 0 Å². The molecule has 22 heavy (non-hydrogen) atoms. The highest BCUT2D eigenvalue weighted by Crippen LogP contribution is 2.28. The van der Waals surface area contributed by atoms with Crippen LogP contribution in [-0.4, -0.2) is 13.2 Å². The number of benzene rings is 1. The molecule has 0 aliphatic rings. The summed E-state index contributed by atoms with van der Waals surface area (Å²) >= 11 is 1.63. The molecule has 0 bridgehead atoms. The van der Waals surface area contributed by atoms with Gasteiger partial charge in [-0.25, -0.2) is 0 Å². The maximum atomic E-state index is 5.58. The van der Waals surface area contributed by atoms with Crippen molar-refractivity contribution in [2.45, 2.75) is 40.5 Å². The number of ether oxygens (including phenoxy) is 1. The van der Waals surface area contributed by atoms with E-state index in [2.05, 4.69) is 64.5 Å². The second kappa shape index (κ2) is 9.70. The van der Waals surface area contributed by atoms with Gasteiger partial charge in [0.1, 0.15) is 0 Å². The molecule has 1 aromatic carbocycles. The fraction of sp³-hybridized carbons (Fsp3) is 0.400. The first kappa shape index (κ1) is 18.8. The van der Waals surface area contributed by atoms with E-state index < -0.39 is 0 Å². The summed E-state index contributed by atoms with van der Waals surface area (Å²) in [7, 11) is 0. The molecule has 0 spiro atoms. The second-order valence-corrected chi connectivity index (χ2v) is 6.71. The van der Waals surface area contributed by atoms with E-state index in [0.29, 0.717) is 6.61 Å². The van der Waals surface area contributed by atoms with Gasteiger partial charge in [0.05, 0.1) is 6.61 Å². The minimum absolute atomic E-state index is 0.615. The van der Waals surface area contributed by atoms with Crippen LogP contribution in [0.15, 0.2) is 47.2 Å². The average molecular weight is 317 g/mol. The van der Waals surface area contributed by atoms with E-state index in [4.69, 9.17) is 4.74 Å². The van der Waals surface area contributed by atoms with Crippen LogP contribution in [0.5, 0.6) is 0 Å². The summed E-state index contributed by atoms with van der Waals surface area (Å²) in [6.07, 6.45) is 2.27. The summed E-state index contributed by atoms with van der Waals surface area (Å²) in [6.45, 7) is 18.2. The highest BCUT2D eigenvalue weighted by molar-refractivity contribution is 8.05. The molecule has 0 aromatic heterocycles. The molecule has 0 radical (unpaired) electrons. The number of unbranched alkanes of at least 4 members (excludes halogenated alkanes) is 1. The van der Waals surface area contributed by atoms with Gasteiger partial charge in [0.15, 0.2) is 0 Å². The van der Waals surface area contributed by atoms with E-state index in [1.807, 2.05) is 0 Å². The van der Waals surface area contributed by atoms with Gasteiger partial charge >= 0.3 is 0 Å². The van der Waals surface area contributed by atoms with Gasteiger partial charge in [0.25, 0.3) is 0 Å². The highest BCUT2D eigenvalue weighted by Gasteiger charge is 2.05. The third-order valence-corrected chi connectivity index (χ3v) is 4.42. The molecule has 0 aliphatic carbocycles. The fourth-order valence-corrected chi connectivity index (χ4v) is 2.62. The molecular formula is C20H28OS. The second-order valence-electron chi connectivity index (χ2n) is 5.66. The summed E-state index contributed by atoms with van der Waals surface area (Å²) in [6, 6.07) is 6.48. The maximum Gasteiger partial charge on any atom is 0.0772 e. The first-order chi connectivity index (χ1) is 10.5. The van der Waals surface area contributed by atoms with Gasteiger partial charge < -0.3 is 4.74 Å². The van der Waals surface area contributed by atoms with Crippen LogP contribution in [-0.2, 0) is 4.74 Å². The Balaban J connectivity index is 2.59. The Morgan fingerprint density at radius 3 is 2.68 bits per heavy atom. The number of hydrogen-bond acceptors (Lipinski definition) is 2. The lowest BCUT2D eigenvalue weighted by Crippen LogP contribution is -1.96. The van der Waals surface area contributed by atoms with Gasteiger partial charge in [0.2, 0.25) is 0 Å². The SMILES string of the molecule is C=C(COCCCC)S/C=C(\C)C(=C)c1cc(C)ccc1C. The molecule has 1 rings (SSSR count). The van der Waals surface area contributed by atoms with Crippen LogP contribution < -0.4 is 0 Å². The van der Waals surface area contributed by atoms with Crippen LogP contribution in [0.25, 0.3) is 5.57 Å². The Morgan fingerprint density at radius 2 is 2.00 bits per heavy atom. The summed E-state index contributed by atoms with van der Waals surface area (Å²) in [4.78, 5) is 1.03. The topological polar surface area (TPSA) is 9.23 Å². The van der Waals surface area contributed by atoms with Crippen LogP contribution in [0.4, 0.5) is 0 Å². The summed E-state index contributed by atoms with van der Waals surface area (Å²) in [5, 5.41) is 2.12. The molecule has 1 nitrogen and oxygen atoms in total. The summed E-state index contributed by atoms with van der Waals surface area (Å²) < 4.78 is 5.58. The third kappa shape index (κ3) is 6.25. The fourth-order valence-electron chi connectivity index (χ4n) is 1.98. The van der Waals surface area contributed by atoms with Gasteiger partial charge in [-0.1, -0.05) is 50.3 Å². The van der Waals surface area contributed by atoms with Crippen molar-refractivity contribution in [3.05, 3.63) is 63.9 Å². The Bertz CT molecular complexity index is 555. The Kier molecular flexibility index (Phi) is 8.29. The van der Waals surface area contributed by atoms with Crippen molar-refractivity contribution in [2.24, 2.45) is 0 Å². The predicted octanol–water partition coefficient (Wildman–Crippen LogP) is 6.28. The molecule has 1 aromatic rings. The molecule has 0 fully saturated rings. The van der Waals surface area contributed by atoms with E-state index >= 15 is 0 Å². The van der Waals surface area contributed by atoms with Crippen LogP contribution in [0, 0.1) is 13.8 Å². The van der Waals surface area contributed by atoms with E-state index in [0.717, 1.165) is 29.9 Å². The van der Waals surface area contributed by atoms with Crippen molar-refractivity contribution >= 4 is 17.3 Å². The van der Waals surface area contributed by atoms with Crippen LogP contribution >= 0.6 is 11.8 Å². The summed E-state index contributed by atoms with van der Waals surface area (Å²) in [5.74, 6) is 0. The summed E-state index contributed by atoms with van der Waals surface area (Å²) in [5.41, 5.74) is 5.99. The van der Waals surface area contributed by atoms with Gasteiger partial charge in [0, 0.05) is 11.5 Å². The molecule has 120 valence electrons. The number of aryl methyl sites for hydroxylation is 2. The first-order valence-electron chi connectivity index (χ1n) is 7.81. The lowest BCUT2D eigenvalue weighted by molar-refractivity contribution is 0.157. The van der Waals surface area contributed by atoms with Crippen LogP contribution in [0.1, 0.15) is 43.4 Å². The molecular weight excluding hydrogens is 288 g/mol. The molecule has 0 aliphatic heterocycles. The molecule has 0 atom stereocenters. The normalized spacial score (nSPS) is 11.5. The largest absolute Gasteiger partial charge is 0.376 e. The molecule has 0 amide bonds. The maximum absolute atomic E-state index is 5.58. The number of rotatable bonds is 9. The number of thioether (sulfide) groups is 1. The highest BCUT2D eigenvalue weighted by atomic mass is 32.2. The predicted molar refractivity (Wildman–Crippen MR) is 101 cm³/mol. The molecule has 2 heteroatoms. The molecule has 0 unspecified atom stereocenters. The van der Waals surface area contributed by atoms with Crippen LogP contribution in [0.3, 0.4) is 0 Å². The molecule has 0 N–H and O–H groups in total. The van der Waals surface area contributed by atoms with Crippen molar-refractivity contribution in [1.82, 2.24) is 0 Å². The number of allylic oxidation sites excluding steroid dienone is 2. The lowest BCUT2D eigenvalue weighted by atomic mass is 9.96. The smallest absolute Gasteiger partial charge is 0.0772 e. The minimum Gasteiger partial charge on any atom is -0.376 e.